The van der Waals surface area contributed by atoms with Gasteiger partial charge in [-0.3, -0.25) is 4.90 Å². The van der Waals surface area contributed by atoms with Crippen LogP contribution in [0, 0.1) is 17.3 Å². The summed E-state index contributed by atoms with van der Waals surface area (Å²) in [7, 11) is 0. The molecule has 1 saturated heterocycles. The topological polar surface area (TPSA) is 3.24 Å². The van der Waals surface area contributed by atoms with Crippen LogP contribution in [0.15, 0.2) is 0 Å². The molecule has 3 atom stereocenters. The maximum atomic E-state index is 2.75. The molecule has 1 aliphatic heterocycles. The summed E-state index contributed by atoms with van der Waals surface area (Å²) in [4.78, 5) is 2.75. The number of hydrogen-bond donors (Lipinski definition) is 0. The molecule has 1 heteroatoms. The molecule has 0 saturated carbocycles. The molecule has 1 rings (SSSR count). The van der Waals surface area contributed by atoms with Crippen molar-refractivity contribution < 1.29 is 0 Å². The second kappa shape index (κ2) is 4.91. The van der Waals surface area contributed by atoms with Crippen molar-refractivity contribution in [2.45, 2.75) is 79.8 Å². The fourth-order valence-corrected chi connectivity index (χ4v) is 3.58. The van der Waals surface area contributed by atoms with Gasteiger partial charge in [0.2, 0.25) is 0 Å². The second-order valence-corrected chi connectivity index (χ2v) is 8.01. The third-order valence-electron chi connectivity index (χ3n) is 4.57. The first-order chi connectivity index (χ1) is 7.59. The highest BCUT2D eigenvalue weighted by molar-refractivity contribution is 4.99. The lowest BCUT2D eigenvalue weighted by Crippen LogP contribution is -2.52. The molecular weight excluding hydrogens is 206 g/mol. The highest BCUT2D eigenvalue weighted by Gasteiger charge is 2.46. The minimum absolute atomic E-state index is 0.306. The predicted molar refractivity (Wildman–Crippen MR) is 77.3 cm³/mol. The van der Waals surface area contributed by atoms with E-state index in [0.29, 0.717) is 11.0 Å². The first-order valence-electron chi connectivity index (χ1n) is 7.35. The van der Waals surface area contributed by atoms with Gasteiger partial charge in [0, 0.05) is 11.6 Å². The molecular formula is C16H33N. The van der Waals surface area contributed by atoms with Gasteiger partial charge in [0.15, 0.2) is 0 Å². The van der Waals surface area contributed by atoms with Crippen molar-refractivity contribution in [2.75, 3.05) is 6.54 Å². The first-order valence-corrected chi connectivity index (χ1v) is 7.35. The van der Waals surface area contributed by atoms with Crippen LogP contribution in [0.3, 0.4) is 0 Å². The summed E-state index contributed by atoms with van der Waals surface area (Å²) in [6.45, 7) is 20.4. The van der Waals surface area contributed by atoms with E-state index in [-0.39, 0.29) is 0 Å². The lowest BCUT2D eigenvalue weighted by molar-refractivity contribution is 0.0279. The largest absolute Gasteiger partial charge is 0.295 e. The average molecular weight is 239 g/mol. The summed E-state index contributed by atoms with van der Waals surface area (Å²) in [6.07, 6.45) is 2.70. The van der Waals surface area contributed by atoms with Crippen LogP contribution in [-0.2, 0) is 0 Å². The van der Waals surface area contributed by atoms with Crippen molar-refractivity contribution in [2.24, 2.45) is 17.3 Å². The van der Waals surface area contributed by atoms with Crippen LogP contribution in [0.1, 0.15) is 68.2 Å². The molecule has 1 nitrogen and oxygen atoms in total. The molecule has 0 aromatic carbocycles. The van der Waals surface area contributed by atoms with E-state index >= 15 is 0 Å². The van der Waals surface area contributed by atoms with Gasteiger partial charge < -0.3 is 0 Å². The monoisotopic (exact) mass is 239 g/mol. The van der Waals surface area contributed by atoms with Gasteiger partial charge in [-0.2, -0.15) is 0 Å². The normalized spacial score (nSPS) is 29.6. The number of nitrogens with zero attached hydrogens (tertiary/aromatic N) is 1. The van der Waals surface area contributed by atoms with E-state index in [0.717, 1.165) is 17.9 Å². The molecule has 0 bridgehead atoms. The van der Waals surface area contributed by atoms with Crippen LogP contribution in [0.25, 0.3) is 0 Å². The molecule has 1 heterocycles. The van der Waals surface area contributed by atoms with Gasteiger partial charge in [-0.1, -0.05) is 41.0 Å². The van der Waals surface area contributed by atoms with Gasteiger partial charge in [-0.15, -0.1) is 0 Å². The zero-order valence-corrected chi connectivity index (χ0v) is 13.3. The van der Waals surface area contributed by atoms with Crippen LogP contribution in [0.5, 0.6) is 0 Å². The highest BCUT2D eigenvalue weighted by Crippen LogP contribution is 2.44. The molecule has 17 heavy (non-hydrogen) atoms. The molecule has 0 amide bonds. The summed E-state index contributed by atoms with van der Waals surface area (Å²) in [6, 6.07) is 0.734. The van der Waals surface area contributed by atoms with Gasteiger partial charge in [0.1, 0.15) is 0 Å². The summed E-state index contributed by atoms with van der Waals surface area (Å²) in [5.41, 5.74) is 0.692. The van der Waals surface area contributed by atoms with Crippen LogP contribution < -0.4 is 0 Å². The van der Waals surface area contributed by atoms with Crippen LogP contribution in [0.4, 0.5) is 0 Å². The summed E-state index contributed by atoms with van der Waals surface area (Å²) in [5.74, 6) is 1.73. The Kier molecular flexibility index (Phi) is 4.34. The van der Waals surface area contributed by atoms with E-state index < -0.39 is 0 Å². The smallest absolute Gasteiger partial charge is 0.0180 e. The summed E-state index contributed by atoms with van der Waals surface area (Å²) >= 11 is 0. The molecule has 0 aliphatic carbocycles. The minimum atomic E-state index is 0.306. The van der Waals surface area contributed by atoms with Gasteiger partial charge >= 0.3 is 0 Å². The van der Waals surface area contributed by atoms with Crippen molar-refractivity contribution in [3.63, 3.8) is 0 Å². The Morgan fingerprint density at radius 3 is 2.00 bits per heavy atom. The van der Waals surface area contributed by atoms with Crippen molar-refractivity contribution in [1.29, 1.82) is 0 Å². The second-order valence-electron chi connectivity index (χ2n) is 8.01. The van der Waals surface area contributed by atoms with E-state index in [1.165, 1.54) is 19.4 Å². The Hall–Kier alpha value is -0.0400. The highest BCUT2D eigenvalue weighted by atomic mass is 15.2. The first kappa shape index (κ1) is 15.0. The lowest BCUT2D eigenvalue weighted by Gasteiger charge is -2.46. The molecule has 1 aliphatic rings. The van der Waals surface area contributed by atoms with Gasteiger partial charge in [-0.05, 0) is 51.0 Å². The van der Waals surface area contributed by atoms with Crippen molar-refractivity contribution >= 4 is 0 Å². The molecule has 1 fully saturated rings. The van der Waals surface area contributed by atoms with Crippen LogP contribution in [-0.4, -0.2) is 23.0 Å². The zero-order valence-electron chi connectivity index (χ0n) is 13.3. The Bertz CT molecular complexity index is 243. The van der Waals surface area contributed by atoms with E-state index in [1.807, 2.05) is 0 Å². The van der Waals surface area contributed by atoms with Gasteiger partial charge in [-0.25, -0.2) is 0 Å². The van der Waals surface area contributed by atoms with Crippen molar-refractivity contribution in [3.05, 3.63) is 0 Å². The Labute approximate surface area is 109 Å². The molecule has 0 aromatic rings. The quantitative estimate of drug-likeness (QED) is 0.682. The summed E-state index contributed by atoms with van der Waals surface area (Å²) in [5, 5.41) is 0. The molecule has 102 valence electrons. The van der Waals surface area contributed by atoms with E-state index in [4.69, 9.17) is 0 Å². The standard InChI is InChI=1S/C16H33N/c1-9-12(2)13-10-11-17(16(6,7)8)14(13)15(3,4)5/h12-14H,9-11H2,1-8H3. The molecule has 0 N–H and O–H groups in total. The van der Waals surface area contributed by atoms with Crippen molar-refractivity contribution in [1.82, 2.24) is 4.90 Å². The Balaban J connectivity index is 2.98. The average Bonchev–Trinajstić information content (AvgIpc) is 2.59. The molecule has 0 aromatic heterocycles. The molecule has 0 spiro atoms. The molecule has 0 radical (unpaired) electrons. The fourth-order valence-electron chi connectivity index (χ4n) is 3.58. The SMILES string of the molecule is CCC(C)C1CCN(C(C)(C)C)C1C(C)(C)C. The van der Waals surface area contributed by atoms with E-state index in [9.17, 15) is 0 Å². The minimum Gasteiger partial charge on any atom is -0.295 e. The predicted octanol–water partition coefficient (Wildman–Crippen LogP) is 4.57. The summed E-state index contributed by atoms with van der Waals surface area (Å²) < 4.78 is 0. The third-order valence-corrected chi connectivity index (χ3v) is 4.57. The fraction of sp³-hybridized carbons (Fsp3) is 1.00. The lowest BCUT2D eigenvalue weighted by atomic mass is 9.73. The number of rotatable bonds is 2. The third kappa shape index (κ3) is 3.24. The maximum absolute atomic E-state index is 2.75. The Morgan fingerprint density at radius 2 is 1.65 bits per heavy atom. The maximum Gasteiger partial charge on any atom is 0.0180 e. The van der Waals surface area contributed by atoms with Gasteiger partial charge in [0.05, 0.1) is 0 Å². The number of likely N-dealkylation sites (tertiary alicyclic amines) is 1. The van der Waals surface area contributed by atoms with E-state index in [2.05, 4.69) is 60.3 Å². The number of hydrogen-bond acceptors (Lipinski definition) is 1. The van der Waals surface area contributed by atoms with Crippen molar-refractivity contribution in [3.8, 4) is 0 Å². The van der Waals surface area contributed by atoms with Crippen LogP contribution in [0.2, 0.25) is 0 Å². The zero-order chi connectivity index (χ0) is 13.4. The van der Waals surface area contributed by atoms with Crippen LogP contribution >= 0.6 is 0 Å². The Morgan fingerprint density at radius 1 is 1.12 bits per heavy atom. The van der Waals surface area contributed by atoms with Gasteiger partial charge in [0.25, 0.3) is 0 Å². The van der Waals surface area contributed by atoms with E-state index in [1.54, 1.807) is 0 Å². The molecule has 3 unspecified atom stereocenters.